The number of aliphatic hydroxyl groups is 1. The summed E-state index contributed by atoms with van der Waals surface area (Å²) < 4.78 is 12.1. The van der Waals surface area contributed by atoms with Gasteiger partial charge in [0.05, 0.1) is 18.8 Å². The van der Waals surface area contributed by atoms with Gasteiger partial charge in [0.15, 0.2) is 5.79 Å². The van der Waals surface area contributed by atoms with Crippen LogP contribution in [0.2, 0.25) is 0 Å². The Morgan fingerprint density at radius 2 is 1.65 bits per heavy atom. The summed E-state index contributed by atoms with van der Waals surface area (Å²) >= 11 is 0. The van der Waals surface area contributed by atoms with Gasteiger partial charge in [0.2, 0.25) is 0 Å². The van der Waals surface area contributed by atoms with Crippen LogP contribution in [-0.4, -0.2) is 29.7 Å². The Hall–Kier alpha value is -0.380. The fourth-order valence-electron chi connectivity index (χ4n) is 3.28. The van der Waals surface area contributed by atoms with Crippen molar-refractivity contribution in [3.05, 3.63) is 12.2 Å². The highest BCUT2D eigenvalue weighted by atomic mass is 16.7. The van der Waals surface area contributed by atoms with E-state index in [1.807, 2.05) is 0 Å². The molecule has 0 aromatic heterocycles. The Kier molecular flexibility index (Phi) is 4.63. The lowest BCUT2D eigenvalue weighted by Crippen LogP contribution is -2.49. The summed E-state index contributed by atoms with van der Waals surface area (Å²) in [6.07, 6.45) is 6.54. The highest BCUT2D eigenvalue weighted by Gasteiger charge is 2.44. The fourth-order valence-corrected chi connectivity index (χ4v) is 3.28. The molecular weight excluding hydrogens is 252 g/mol. The van der Waals surface area contributed by atoms with Gasteiger partial charge in [-0.1, -0.05) is 46.6 Å². The number of hydrogen-bond acceptors (Lipinski definition) is 3. The van der Waals surface area contributed by atoms with Crippen LogP contribution in [0.5, 0.6) is 0 Å². The van der Waals surface area contributed by atoms with Crippen LogP contribution in [-0.2, 0) is 9.47 Å². The van der Waals surface area contributed by atoms with Crippen LogP contribution < -0.4 is 0 Å². The molecule has 1 heterocycles. The van der Waals surface area contributed by atoms with E-state index >= 15 is 0 Å². The lowest BCUT2D eigenvalue weighted by Gasteiger charge is -2.46. The van der Waals surface area contributed by atoms with Gasteiger partial charge in [-0.05, 0) is 18.4 Å². The van der Waals surface area contributed by atoms with Crippen molar-refractivity contribution in [2.75, 3.05) is 13.2 Å². The summed E-state index contributed by atoms with van der Waals surface area (Å²) in [5.74, 6) is -0.692. The fraction of sp³-hybridized carbons (Fsp3) is 0.882. The predicted molar refractivity (Wildman–Crippen MR) is 80.5 cm³/mol. The first kappa shape index (κ1) is 16.0. The summed E-state index contributed by atoms with van der Waals surface area (Å²) in [6.45, 7) is 11.9. The van der Waals surface area contributed by atoms with Gasteiger partial charge in [-0.25, -0.2) is 0 Å². The van der Waals surface area contributed by atoms with Crippen molar-refractivity contribution >= 4 is 0 Å². The van der Waals surface area contributed by atoms with Crippen LogP contribution in [0.1, 0.15) is 65.7 Å². The average Bonchev–Trinajstić information content (AvgIpc) is 2.39. The van der Waals surface area contributed by atoms with Gasteiger partial charge < -0.3 is 14.6 Å². The zero-order valence-electron chi connectivity index (χ0n) is 13.3. The standard InChI is InChI=1S/C17H30O3/c1-5-17(19-12-15(3,4)13-20-17)14(2)11-16(18)9-7-6-8-10-16/h18H,2,5-13H2,1,3-4H3. The molecule has 1 saturated heterocycles. The number of ether oxygens (including phenoxy) is 2. The smallest absolute Gasteiger partial charge is 0.190 e. The SMILES string of the molecule is C=C(CC1(O)CCCCC1)C1(CC)OCC(C)(C)CO1. The Bertz CT molecular complexity index is 343. The highest BCUT2D eigenvalue weighted by Crippen LogP contribution is 2.41. The van der Waals surface area contributed by atoms with E-state index in [0.29, 0.717) is 19.6 Å². The first-order chi connectivity index (χ1) is 9.31. The minimum Gasteiger partial charge on any atom is -0.390 e. The molecule has 1 aliphatic carbocycles. The molecular formula is C17H30O3. The van der Waals surface area contributed by atoms with E-state index < -0.39 is 11.4 Å². The maximum Gasteiger partial charge on any atom is 0.190 e. The van der Waals surface area contributed by atoms with E-state index in [2.05, 4.69) is 27.4 Å². The van der Waals surface area contributed by atoms with Crippen molar-refractivity contribution in [1.29, 1.82) is 0 Å². The van der Waals surface area contributed by atoms with Crippen molar-refractivity contribution in [2.24, 2.45) is 5.41 Å². The van der Waals surface area contributed by atoms with E-state index in [9.17, 15) is 5.11 Å². The molecule has 0 aromatic carbocycles. The molecule has 2 aliphatic rings. The van der Waals surface area contributed by atoms with Crippen LogP contribution in [0.3, 0.4) is 0 Å². The van der Waals surface area contributed by atoms with Crippen molar-refractivity contribution in [3.8, 4) is 0 Å². The quantitative estimate of drug-likeness (QED) is 0.797. The van der Waals surface area contributed by atoms with Crippen molar-refractivity contribution in [2.45, 2.75) is 77.1 Å². The Labute approximate surface area is 123 Å². The molecule has 0 spiro atoms. The molecule has 0 unspecified atom stereocenters. The van der Waals surface area contributed by atoms with Gasteiger partial charge in [-0.3, -0.25) is 0 Å². The number of hydrogen-bond donors (Lipinski definition) is 1. The van der Waals surface area contributed by atoms with Gasteiger partial charge >= 0.3 is 0 Å². The summed E-state index contributed by atoms with van der Waals surface area (Å²) in [7, 11) is 0. The summed E-state index contributed by atoms with van der Waals surface area (Å²) in [5, 5.41) is 10.7. The van der Waals surface area contributed by atoms with Crippen LogP contribution >= 0.6 is 0 Å². The minimum atomic E-state index is -0.692. The summed E-state index contributed by atoms with van der Waals surface area (Å²) in [5.41, 5.74) is 0.359. The molecule has 0 bridgehead atoms. The van der Waals surface area contributed by atoms with E-state index in [1.165, 1.54) is 6.42 Å². The lowest BCUT2D eigenvalue weighted by molar-refractivity contribution is -0.281. The van der Waals surface area contributed by atoms with Crippen molar-refractivity contribution < 1.29 is 14.6 Å². The Morgan fingerprint density at radius 3 is 2.15 bits per heavy atom. The summed E-state index contributed by atoms with van der Waals surface area (Å²) in [4.78, 5) is 0. The molecule has 1 saturated carbocycles. The third-order valence-corrected chi connectivity index (χ3v) is 4.72. The maximum atomic E-state index is 10.7. The van der Waals surface area contributed by atoms with Crippen molar-refractivity contribution in [3.63, 3.8) is 0 Å². The molecule has 3 heteroatoms. The molecule has 2 rings (SSSR count). The molecule has 20 heavy (non-hydrogen) atoms. The minimum absolute atomic E-state index is 0.0562. The van der Waals surface area contributed by atoms with Gasteiger partial charge in [-0.2, -0.15) is 0 Å². The topological polar surface area (TPSA) is 38.7 Å². The van der Waals surface area contributed by atoms with Crippen LogP contribution in [0.25, 0.3) is 0 Å². The van der Waals surface area contributed by atoms with Gasteiger partial charge in [-0.15, -0.1) is 0 Å². The molecule has 0 atom stereocenters. The normalized spacial score (nSPS) is 28.0. The predicted octanol–water partition coefficient (Wildman–Crippen LogP) is 3.81. The van der Waals surface area contributed by atoms with E-state index in [1.54, 1.807) is 0 Å². The maximum absolute atomic E-state index is 10.7. The first-order valence-corrected chi connectivity index (χ1v) is 7.99. The van der Waals surface area contributed by atoms with Gasteiger partial charge in [0.25, 0.3) is 0 Å². The molecule has 1 aliphatic heterocycles. The third-order valence-electron chi connectivity index (χ3n) is 4.72. The zero-order valence-corrected chi connectivity index (χ0v) is 13.3. The zero-order chi connectivity index (χ0) is 14.9. The second-order valence-corrected chi connectivity index (χ2v) is 7.41. The molecule has 0 aromatic rings. The monoisotopic (exact) mass is 282 g/mol. The highest BCUT2D eigenvalue weighted by molar-refractivity contribution is 5.13. The molecule has 0 radical (unpaired) electrons. The van der Waals surface area contributed by atoms with Crippen LogP contribution in [0.15, 0.2) is 12.2 Å². The Balaban J connectivity index is 2.02. The molecule has 0 amide bonds. The second-order valence-electron chi connectivity index (χ2n) is 7.41. The van der Waals surface area contributed by atoms with E-state index in [4.69, 9.17) is 9.47 Å². The van der Waals surface area contributed by atoms with Crippen LogP contribution in [0, 0.1) is 5.41 Å². The molecule has 116 valence electrons. The third kappa shape index (κ3) is 3.44. The van der Waals surface area contributed by atoms with E-state index in [0.717, 1.165) is 37.7 Å². The average molecular weight is 282 g/mol. The molecule has 2 fully saturated rings. The van der Waals surface area contributed by atoms with Gasteiger partial charge in [0.1, 0.15) is 0 Å². The second kappa shape index (κ2) is 5.78. The van der Waals surface area contributed by atoms with E-state index in [-0.39, 0.29) is 5.41 Å². The molecule has 3 nitrogen and oxygen atoms in total. The van der Waals surface area contributed by atoms with Gasteiger partial charge in [0, 0.05) is 18.3 Å². The van der Waals surface area contributed by atoms with Crippen LogP contribution in [0.4, 0.5) is 0 Å². The first-order valence-electron chi connectivity index (χ1n) is 7.99. The summed E-state index contributed by atoms with van der Waals surface area (Å²) in [6, 6.07) is 0. The Morgan fingerprint density at radius 1 is 1.10 bits per heavy atom. The number of rotatable bonds is 4. The molecule has 1 N–H and O–H groups in total. The lowest BCUT2D eigenvalue weighted by atomic mass is 9.78. The largest absolute Gasteiger partial charge is 0.390 e. The van der Waals surface area contributed by atoms with Crippen molar-refractivity contribution in [1.82, 2.24) is 0 Å².